The number of benzene rings is 3. The number of aryl methyl sites for hydroxylation is 2. The van der Waals surface area contributed by atoms with E-state index >= 15 is 0 Å². The molecule has 0 atom stereocenters. The quantitative estimate of drug-likeness (QED) is 0.581. The number of nitrogens with one attached hydrogen (secondary N) is 1. The monoisotopic (exact) mass is 412 g/mol. The Labute approximate surface area is 182 Å². The van der Waals surface area contributed by atoms with Crippen molar-refractivity contribution in [1.29, 1.82) is 0 Å². The molecule has 31 heavy (non-hydrogen) atoms. The molecule has 5 heteroatoms. The predicted octanol–water partition coefficient (Wildman–Crippen LogP) is 4.96. The van der Waals surface area contributed by atoms with Gasteiger partial charge in [-0.1, -0.05) is 49.4 Å². The molecule has 0 aliphatic carbocycles. The number of carbonyl (C=O) groups excluding carboxylic acids is 2. The van der Waals surface area contributed by atoms with Gasteiger partial charge in [0.05, 0.1) is 18.4 Å². The van der Waals surface area contributed by atoms with Crippen molar-refractivity contribution in [3.05, 3.63) is 95.2 Å². The molecular weight excluding hydrogens is 388 g/mol. The van der Waals surface area contributed by atoms with Crippen LogP contribution in [0.2, 0.25) is 0 Å². The highest BCUT2D eigenvalue weighted by molar-refractivity contribution is 6.46. The fraction of sp³-hybridized carbons (Fsp3) is 0.154. The summed E-state index contributed by atoms with van der Waals surface area (Å²) in [5, 5.41) is 3.20. The summed E-state index contributed by atoms with van der Waals surface area (Å²) in [6.07, 6.45) is 0.925. The van der Waals surface area contributed by atoms with Crippen LogP contribution in [-0.4, -0.2) is 18.9 Å². The van der Waals surface area contributed by atoms with Crippen molar-refractivity contribution in [2.45, 2.75) is 20.3 Å². The molecule has 2 amide bonds. The van der Waals surface area contributed by atoms with Gasteiger partial charge >= 0.3 is 0 Å². The van der Waals surface area contributed by atoms with Gasteiger partial charge in [0.2, 0.25) is 0 Å². The van der Waals surface area contributed by atoms with Gasteiger partial charge in [-0.3, -0.25) is 9.59 Å². The van der Waals surface area contributed by atoms with Gasteiger partial charge in [-0.05, 0) is 54.8 Å². The fourth-order valence-corrected chi connectivity index (χ4v) is 3.72. The van der Waals surface area contributed by atoms with Crippen LogP contribution in [0.3, 0.4) is 0 Å². The first kappa shape index (κ1) is 20.4. The molecule has 1 N–H and O–H groups in total. The van der Waals surface area contributed by atoms with E-state index in [9.17, 15) is 9.59 Å². The Hall–Kier alpha value is -3.86. The van der Waals surface area contributed by atoms with Crippen LogP contribution in [0.25, 0.3) is 5.57 Å². The minimum atomic E-state index is -0.393. The number of methoxy groups -OCH3 is 1. The van der Waals surface area contributed by atoms with Gasteiger partial charge in [-0.25, -0.2) is 4.90 Å². The number of nitrogens with zero attached hydrogens (tertiary/aromatic N) is 1. The molecule has 1 aliphatic rings. The van der Waals surface area contributed by atoms with Crippen LogP contribution in [0.1, 0.15) is 23.6 Å². The third kappa shape index (κ3) is 3.82. The van der Waals surface area contributed by atoms with Crippen LogP contribution < -0.4 is 15.0 Å². The maximum absolute atomic E-state index is 13.5. The molecule has 3 aromatic rings. The van der Waals surface area contributed by atoms with Gasteiger partial charge in [-0.15, -0.1) is 0 Å². The minimum absolute atomic E-state index is 0.236. The lowest BCUT2D eigenvalue weighted by Gasteiger charge is -2.16. The third-order valence-corrected chi connectivity index (χ3v) is 5.35. The number of amides is 2. The number of anilines is 2. The first-order valence-electron chi connectivity index (χ1n) is 10.2. The number of hydrogen-bond acceptors (Lipinski definition) is 4. The first-order valence-corrected chi connectivity index (χ1v) is 10.2. The standard InChI is InChI=1S/C26H24N2O3/c1-4-18-12-14-19(15-13-18)27-24-23(21-10-5-6-11-22(21)31-3)25(29)28(26(24)30)20-9-7-8-17(2)16-20/h5-16,27H,4H2,1-3H3. The third-order valence-electron chi connectivity index (χ3n) is 5.35. The van der Waals surface area contributed by atoms with Crippen molar-refractivity contribution in [3.63, 3.8) is 0 Å². The Morgan fingerprint density at radius 2 is 1.65 bits per heavy atom. The Kier molecular flexibility index (Phi) is 5.58. The molecule has 0 spiro atoms. The van der Waals surface area contributed by atoms with Crippen LogP contribution >= 0.6 is 0 Å². The Balaban J connectivity index is 1.84. The maximum Gasteiger partial charge on any atom is 0.282 e. The van der Waals surface area contributed by atoms with E-state index in [1.807, 2.05) is 61.5 Å². The van der Waals surface area contributed by atoms with Crippen LogP contribution in [0.15, 0.2) is 78.5 Å². The van der Waals surface area contributed by atoms with Crippen molar-refractivity contribution in [1.82, 2.24) is 0 Å². The lowest BCUT2D eigenvalue weighted by Crippen LogP contribution is -2.32. The Morgan fingerprint density at radius 1 is 0.903 bits per heavy atom. The van der Waals surface area contributed by atoms with Gasteiger partial charge in [-0.2, -0.15) is 0 Å². The summed E-state index contributed by atoms with van der Waals surface area (Å²) in [5.41, 5.74) is 4.55. The minimum Gasteiger partial charge on any atom is -0.496 e. The largest absolute Gasteiger partial charge is 0.496 e. The molecule has 0 bridgehead atoms. The number of rotatable bonds is 6. The molecule has 0 fully saturated rings. The van der Waals surface area contributed by atoms with Gasteiger partial charge in [0.1, 0.15) is 11.4 Å². The van der Waals surface area contributed by atoms with E-state index in [2.05, 4.69) is 12.2 Å². The fourth-order valence-electron chi connectivity index (χ4n) is 3.72. The van der Waals surface area contributed by atoms with E-state index in [1.54, 1.807) is 25.3 Å². The van der Waals surface area contributed by atoms with Crippen molar-refractivity contribution < 1.29 is 14.3 Å². The second-order valence-corrected chi connectivity index (χ2v) is 7.41. The summed E-state index contributed by atoms with van der Waals surface area (Å²) in [4.78, 5) is 28.3. The lowest BCUT2D eigenvalue weighted by atomic mass is 10.0. The van der Waals surface area contributed by atoms with E-state index in [4.69, 9.17) is 4.74 Å². The normalized spacial score (nSPS) is 13.7. The summed E-state index contributed by atoms with van der Waals surface area (Å²) < 4.78 is 5.49. The zero-order chi connectivity index (χ0) is 22.0. The highest BCUT2D eigenvalue weighted by Crippen LogP contribution is 2.37. The molecule has 1 heterocycles. The molecule has 156 valence electrons. The average molecular weight is 412 g/mol. The van der Waals surface area contributed by atoms with Crippen LogP contribution in [0.5, 0.6) is 5.75 Å². The van der Waals surface area contributed by atoms with Gasteiger partial charge in [0.25, 0.3) is 11.8 Å². The summed E-state index contributed by atoms with van der Waals surface area (Å²) in [5.74, 6) is -0.241. The summed E-state index contributed by atoms with van der Waals surface area (Å²) in [6, 6.07) is 22.4. The van der Waals surface area contributed by atoms with E-state index < -0.39 is 5.91 Å². The van der Waals surface area contributed by atoms with Crippen molar-refractivity contribution >= 4 is 28.8 Å². The summed E-state index contributed by atoms with van der Waals surface area (Å²) in [7, 11) is 1.55. The zero-order valence-corrected chi connectivity index (χ0v) is 17.8. The molecule has 4 rings (SSSR count). The molecule has 0 saturated carbocycles. The number of hydrogen-bond donors (Lipinski definition) is 1. The zero-order valence-electron chi connectivity index (χ0n) is 17.8. The Bertz CT molecular complexity index is 1180. The Morgan fingerprint density at radius 3 is 2.32 bits per heavy atom. The predicted molar refractivity (Wildman–Crippen MR) is 123 cm³/mol. The van der Waals surface area contributed by atoms with E-state index in [0.717, 1.165) is 17.7 Å². The van der Waals surface area contributed by atoms with Crippen LogP contribution in [-0.2, 0) is 16.0 Å². The van der Waals surface area contributed by atoms with E-state index in [1.165, 1.54) is 10.5 Å². The van der Waals surface area contributed by atoms with Gasteiger partial charge in [0, 0.05) is 11.3 Å². The molecule has 0 radical (unpaired) electrons. The molecule has 1 aliphatic heterocycles. The van der Waals surface area contributed by atoms with E-state index in [0.29, 0.717) is 22.6 Å². The van der Waals surface area contributed by atoms with Crippen LogP contribution in [0, 0.1) is 6.92 Å². The molecule has 5 nitrogen and oxygen atoms in total. The summed E-state index contributed by atoms with van der Waals surface area (Å²) >= 11 is 0. The van der Waals surface area contributed by atoms with Gasteiger partial charge < -0.3 is 10.1 Å². The van der Waals surface area contributed by atoms with Crippen molar-refractivity contribution in [2.24, 2.45) is 0 Å². The average Bonchev–Trinajstić information content (AvgIpc) is 3.03. The van der Waals surface area contributed by atoms with Crippen LogP contribution in [0.4, 0.5) is 11.4 Å². The summed E-state index contributed by atoms with van der Waals surface area (Å²) in [6.45, 7) is 4.02. The smallest absolute Gasteiger partial charge is 0.282 e. The lowest BCUT2D eigenvalue weighted by molar-refractivity contribution is -0.120. The number of para-hydroxylation sites is 1. The van der Waals surface area contributed by atoms with E-state index in [-0.39, 0.29) is 11.6 Å². The second kappa shape index (κ2) is 8.48. The highest BCUT2D eigenvalue weighted by Gasteiger charge is 2.41. The molecule has 0 saturated heterocycles. The topological polar surface area (TPSA) is 58.6 Å². The maximum atomic E-state index is 13.5. The first-order chi connectivity index (χ1) is 15.0. The molecule has 0 aromatic heterocycles. The highest BCUT2D eigenvalue weighted by atomic mass is 16.5. The second-order valence-electron chi connectivity index (χ2n) is 7.41. The number of ether oxygens (including phenoxy) is 1. The number of imide groups is 1. The SMILES string of the molecule is CCc1ccc(NC2=C(c3ccccc3OC)C(=O)N(c3cccc(C)c3)C2=O)cc1. The molecule has 0 unspecified atom stereocenters. The van der Waals surface area contributed by atoms with Crippen molar-refractivity contribution in [3.8, 4) is 5.75 Å². The molecule has 3 aromatic carbocycles. The molecular formula is C26H24N2O3. The number of carbonyl (C=O) groups is 2. The van der Waals surface area contributed by atoms with Crippen molar-refractivity contribution in [2.75, 3.05) is 17.3 Å². The van der Waals surface area contributed by atoms with Gasteiger partial charge in [0.15, 0.2) is 0 Å².